The van der Waals surface area contributed by atoms with Gasteiger partial charge in [0.2, 0.25) is 0 Å². The molecular formula is C16H31N3. The van der Waals surface area contributed by atoms with E-state index < -0.39 is 0 Å². The second-order valence-electron chi connectivity index (χ2n) is 6.46. The van der Waals surface area contributed by atoms with Gasteiger partial charge in [0.1, 0.15) is 5.54 Å². The molecule has 0 radical (unpaired) electrons. The maximum atomic E-state index is 9.22. The summed E-state index contributed by atoms with van der Waals surface area (Å²) in [6.07, 6.45) is 6.14. The van der Waals surface area contributed by atoms with Crippen LogP contribution in [0, 0.1) is 17.2 Å². The summed E-state index contributed by atoms with van der Waals surface area (Å²) < 4.78 is 0. The first-order valence-corrected chi connectivity index (χ1v) is 7.91. The molecule has 0 aromatic heterocycles. The Hall–Kier alpha value is -0.590. The monoisotopic (exact) mass is 265 g/mol. The minimum Gasteiger partial charge on any atom is -0.301 e. The van der Waals surface area contributed by atoms with E-state index >= 15 is 0 Å². The van der Waals surface area contributed by atoms with Gasteiger partial charge in [-0.25, -0.2) is 0 Å². The second kappa shape index (κ2) is 7.87. The third-order valence-electron chi connectivity index (χ3n) is 4.11. The topological polar surface area (TPSA) is 39.1 Å². The summed E-state index contributed by atoms with van der Waals surface area (Å²) in [5.41, 5.74) is -0.339. The molecule has 1 unspecified atom stereocenters. The van der Waals surface area contributed by atoms with E-state index in [1.54, 1.807) is 0 Å². The molecule has 110 valence electrons. The molecule has 0 aromatic carbocycles. The zero-order valence-corrected chi connectivity index (χ0v) is 13.2. The molecular weight excluding hydrogens is 234 g/mol. The van der Waals surface area contributed by atoms with Gasteiger partial charge in [0, 0.05) is 12.6 Å². The fourth-order valence-corrected chi connectivity index (χ4v) is 2.56. The molecule has 1 atom stereocenters. The van der Waals surface area contributed by atoms with Crippen molar-refractivity contribution >= 4 is 0 Å². The molecule has 1 fully saturated rings. The van der Waals surface area contributed by atoms with E-state index in [1.807, 2.05) is 6.92 Å². The fourth-order valence-electron chi connectivity index (χ4n) is 2.56. The van der Waals surface area contributed by atoms with Crippen LogP contribution < -0.4 is 5.32 Å². The first-order chi connectivity index (χ1) is 9.00. The molecule has 1 rings (SSSR count). The van der Waals surface area contributed by atoms with Crippen LogP contribution in [0.4, 0.5) is 0 Å². The maximum Gasteiger partial charge on any atom is 0.103 e. The van der Waals surface area contributed by atoms with Crippen LogP contribution in [0.3, 0.4) is 0 Å². The quantitative estimate of drug-likeness (QED) is 0.617. The van der Waals surface area contributed by atoms with Crippen molar-refractivity contribution in [3.05, 3.63) is 0 Å². The first-order valence-electron chi connectivity index (χ1n) is 7.91. The van der Waals surface area contributed by atoms with Gasteiger partial charge in [0.05, 0.1) is 6.07 Å². The lowest BCUT2D eigenvalue weighted by Gasteiger charge is -2.27. The van der Waals surface area contributed by atoms with Crippen molar-refractivity contribution in [1.29, 1.82) is 5.26 Å². The van der Waals surface area contributed by atoms with Crippen LogP contribution in [0.25, 0.3) is 0 Å². The lowest BCUT2D eigenvalue weighted by molar-refractivity contribution is 0.206. The highest BCUT2D eigenvalue weighted by molar-refractivity contribution is 5.03. The smallest absolute Gasteiger partial charge is 0.103 e. The first kappa shape index (κ1) is 16.5. The van der Waals surface area contributed by atoms with Gasteiger partial charge in [-0.3, -0.25) is 5.32 Å². The highest BCUT2D eigenvalue weighted by atomic mass is 15.1. The summed E-state index contributed by atoms with van der Waals surface area (Å²) in [5, 5.41) is 12.5. The highest BCUT2D eigenvalue weighted by Crippen LogP contribution is 2.30. The van der Waals surface area contributed by atoms with E-state index in [2.05, 4.69) is 37.1 Å². The fraction of sp³-hybridized carbons (Fsp3) is 0.938. The van der Waals surface area contributed by atoms with Crippen LogP contribution in [0.15, 0.2) is 0 Å². The van der Waals surface area contributed by atoms with Crippen molar-refractivity contribution < 1.29 is 0 Å². The van der Waals surface area contributed by atoms with Crippen LogP contribution in [0.2, 0.25) is 0 Å². The van der Waals surface area contributed by atoms with Gasteiger partial charge in [0.15, 0.2) is 0 Å². The van der Waals surface area contributed by atoms with E-state index in [1.165, 1.54) is 32.4 Å². The zero-order valence-electron chi connectivity index (χ0n) is 13.2. The average molecular weight is 265 g/mol. The zero-order chi connectivity index (χ0) is 14.3. The van der Waals surface area contributed by atoms with Crippen molar-refractivity contribution in [3.8, 4) is 6.07 Å². The molecule has 0 amide bonds. The number of nitrogens with one attached hydrogen (secondary N) is 1. The third-order valence-corrected chi connectivity index (χ3v) is 4.11. The van der Waals surface area contributed by atoms with Crippen molar-refractivity contribution in [3.63, 3.8) is 0 Å². The third kappa shape index (κ3) is 6.40. The molecule has 0 saturated heterocycles. The lowest BCUT2D eigenvalue weighted by atomic mass is 9.96. The van der Waals surface area contributed by atoms with Crippen LogP contribution >= 0.6 is 0 Å². The summed E-state index contributed by atoms with van der Waals surface area (Å²) in [4.78, 5) is 2.61. The largest absolute Gasteiger partial charge is 0.301 e. The molecule has 3 nitrogen and oxygen atoms in total. The van der Waals surface area contributed by atoms with Crippen LogP contribution in [0.1, 0.15) is 59.8 Å². The summed E-state index contributed by atoms with van der Waals surface area (Å²) >= 11 is 0. The molecule has 0 spiro atoms. The standard InChI is InChI=1S/C16H31N3/c1-5-18-16(4,13-17)10-6-7-11-19(14(2)3)12-15-8-9-15/h14-15,18H,5-12H2,1-4H3. The molecule has 0 aliphatic heterocycles. The Morgan fingerprint density at radius 3 is 2.53 bits per heavy atom. The van der Waals surface area contributed by atoms with Gasteiger partial charge in [-0.05, 0) is 71.9 Å². The average Bonchev–Trinajstić information content (AvgIpc) is 3.17. The van der Waals surface area contributed by atoms with Gasteiger partial charge in [0.25, 0.3) is 0 Å². The van der Waals surface area contributed by atoms with Gasteiger partial charge in [-0.1, -0.05) is 6.92 Å². The van der Waals surface area contributed by atoms with Crippen molar-refractivity contribution in [2.45, 2.75) is 71.4 Å². The molecule has 1 N–H and O–H groups in total. The number of nitriles is 1. The van der Waals surface area contributed by atoms with E-state index in [4.69, 9.17) is 0 Å². The normalized spacial score (nSPS) is 18.6. The van der Waals surface area contributed by atoms with E-state index in [-0.39, 0.29) is 5.54 Å². The van der Waals surface area contributed by atoms with Gasteiger partial charge in [-0.15, -0.1) is 0 Å². The minimum absolute atomic E-state index is 0.339. The Labute approximate surface area is 119 Å². The molecule has 0 aromatic rings. The highest BCUT2D eigenvalue weighted by Gasteiger charge is 2.25. The second-order valence-corrected chi connectivity index (χ2v) is 6.46. The number of rotatable bonds is 10. The number of nitrogens with zero attached hydrogens (tertiary/aromatic N) is 2. The predicted molar refractivity (Wildman–Crippen MR) is 81.0 cm³/mol. The Bertz CT molecular complexity index is 291. The maximum absolute atomic E-state index is 9.22. The molecule has 0 bridgehead atoms. The molecule has 1 aliphatic rings. The van der Waals surface area contributed by atoms with E-state index in [9.17, 15) is 5.26 Å². The molecule has 3 heteroatoms. The number of unbranched alkanes of at least 4 members (excludes halogenated alkanes) is 1. The SMILES string of the molecule is CCNC(C)(C#N)CCCCN(CC1CC1)C(C)C. The number of hydrogen-bond donors (Lipinski definition) is 1. The summed E-state index contributed by atoms with van der Waals surface area (Å²) in [7, 11) is 0. The van der Waals surface area contributed by atoms with E-state index in [0.717, 1.165) is 25.3 Å². The Morgan fingerprint density at radius 1 is 1.37 bits per heavy atom. The number of hydrogen-bond acceptors (Lipinski definition) is 3. The van der Waals surface area contributed by atoms with Crippen LogP contribution in [-0.4, -0.2) is 36.1 Å². The van der Waals surface area contributed by atoms with Crippen LogP contribution in [0.5, 0.6) is 0 Å². The van der Waals surface area contributed by atoms with Gasteiger partial charge < -0.3 is 4.90 Å². The van der Waals surface area contributed by atoms with E-state index in [0.29, 0.717) is 6.04 Å². The van der Waals surface area contributed by atoms with Crippen molar-refractivity contribution in [1.82, 2.24) is 10.2 Å². The van der Waals surface area contributed by atoms with Gasteiger partial charge in [-0.2, -0.15) is 5.26 Å². The minimum atomic E-state index is -0.339. The van der Waals surface area contributed by atoms with Gasteiger partial charge >= 0.3 is 0 Å². The molecule has 1 aliphatic carbocycles. The van der Waals surface area contributed by atoms with Crippen molar-refractivity contribution in [2.24, 2.45) is 5.92 Å². The molecule has 0 heterocycles. The van der Waals surface area contributed by atoms with Crippen LogP contribution in [-0.2, 0) is 0 Å². The lowest BCUT2D eigenvalue weighted by Crippen LogP contribution is -2.41. The Balaban J connectivity index is 2.22. The Morgan fingerprint density at radius 2 is 2.05 bits per heavy atom. The molecule has 19 heavy (non-hydrogen) atoms. The summed E-state index contributed by atoms with van der Waals surface area (Å²) in [6.45, 7) is 12.0. The summed E-state index contributed by atoms with van der Waals surface area (Å²) in [6, 6.07) is 3.06. The van der Waals surface area contributed by atoms with Crippen molar-refractivity contribution in [2.75, 3.05) is 19.6 Å². The Kier molecular flexibility index (Phi) is 6.82. The predicted octanol–water partition coefficient (Wildman–Crippen LogP) is 3.17. The molecule has 1 saturated carbocycles. The summed E-state index contributed by atoms with van der Waals surface area (Å²) in [5.74, 6) is 0.966.